The van der Waals surface area contributed by atoms with E-state index in [1.54, 1.807) is 0 Å². The van der Waals surface area contributed by atoms with Crippen molar-refractivity contribution in [2.45, 2.75) is 13.5 Å². The van der Waals surface area contributed by atoms with E-state index < -0.39 is 0 Å². The molecule has 4 nitrogen and oxygen atoms in total. The lowest BCUT2D eigenvalue weighted by Crippen LogP contribution is -2.13. The minimum absolute atomic E-state index is 0.109. The van der Waals surface area contributed by atoms with Gasteiger partial charge in [-0.15, -0.1) is 0 Å². The van der Waals surface area contributed by atoms with Crippen LogP contribution in [0.2, 0.25) is 5.02 Å². The van der Waals surface area contributed by atoms with Gasteiger partial charge in [0.1, 0.15) is 0 Å². The maximum Gasteiger partial charge on any atom is 0.170 e. The van der Waals surface area contributed by atoms with Crippen molar-refractivity contribution in [1.82, 2.24) is 0 Å². The van der Waals surface area contributed by atoms with Gasteiger partial charge in [0.15, 0.2) is 5.84 Å². The number of oxime groups is 1. The molecular weight excluding hydrogens is 354 g/mol. The highest BCUT2D eigenvalue weighted by Gasteiger charge is 2.05. The summed E-state index contributed by atoms with van der Waals surface area (Å²) in [6, 6.07) is 11.3. The van der Waals surface area contributed by atoms with Gasteiger partial charge in [-0.3, -0.25) is 0 Å². The molecule has 0 aliphatic rings. The van der Waals surface area contributed by atoms with E-state index in [1.807, 2.05) is 43.3 Å². The SMILES string of the molecule is Cc1cc(/C(N)=N/O)ccc1CNc1ccc(Cl)cc1Br. The Morgan fingerprint density at radius 1 is 1.33 bits per heavy atom. The second-order valence-electron chi connectivity index (χ2n) is 4.60. The molecule has 2 aromatic carbocycles. The molecular formula is C15H15BrClN3O. The molecule has 0 aromatic heterocycles. The summed E-state index contributed by atoms with van der Waals surface area (Å²) < 4.78 is 0.918. The summed E-state index contributed by atoms with van der Waals surface area (Å²) in [6.45, 7) is 2.66. The normalized spacial score (nSPS) is 11.5. The molecule has 6 heteroatoms. The van der Waals surface area contributed by atoms with Crippen LogP contribution in [-0.4, -0.2) is 11.0 Å². The van der Waals surface area contributed by atoms with Crippen LogP contribution in [0.5, 0.6) is 0 Å². The van der Waals surface area contributed by atoms with Crippen molar-refractivity contribution in [2.24, 2.45) is 10.9 Å². The van der Waals surface area contributed by atoms with Crippen molar-refractivity contribution >= 4 is 39.1 Å². The fraction of sp³-hybridized carbons (Fsp3) is 0.133. The van der Waals surface area contributed by atoms with Gasteiger partial charge in [-0.25, -0.2) is 0 Å². The summed E-state index contributed by atoms with van der Waals surface area (Å²) in [4.78, 5) is 0. The lowest BCUT2D eigenvalue weighted by atomic mass is 10.0. The first-order valence-electron chi connectivity index (χ1n) is 6.27. The number of anilines is 1. The number of amidine groups is 1. The van der Waals surface area contributed by atoms with Crippen LogP contribution in [0.15, 0.2) is 46.0 Å². The van der Waals surface area contributed by atoms with Crippen LogP contribution in [0.4, 0.5) is 5.69 Å². The van der Waals surface area contributed by atoms with E-state index in [0.29, 0.717) is 17.1 Å². The van der Waals surface area contributed by atoms with Gasteiger partial charge in [0.2, 0.25) is 0 Å². The molecule has 0 heterocycles. The Labute approximate surface area is 136 Å². The van der Waals surface area contributed by atoms with E-state index in [1.165, 1.54) is 0 Å². The van der Waals surface area contributed by atoms with Gasteiger partial charge >= 0.3 is 0 Å². The first-order chi connectivity index (χ1) is 10.0. The number of aryl methyl sites for hydroxylation is 1. The molecule has 0 amide bonds. The van der Waals surface area contributed by atoms with E-state index in [9.17, 15) is 0 Å². The third kappa shape index (κ3) is 3.89. The average Bonchev–Trinajstić information content (AvgIpc) is 2.46. The largest absolute Gasteiger partial charge is 0.409 e. The number of nitrogens with zero attached hydrogens (tertiary/aromatic N) is 1. The molecule has 2 aromatic rings. The Kier molecular flexibility index (Phi) is 5.09. The van der Waals surface area contributed by atoms with Crippen LogP contribution in [0.1, 0.15) is 16.7 Å². The fourth-order valence-electron chi connectivity index (χ4n) is 1.93. The zero-order chi connectivity index (χ0) is 15.4. The van der Waals surface area contributed by atoms with Gasteiger partial charge in [-0.1, -0.05) is 28.9 Å². The third-order valence-electron chi connectivity index (χ3n) is 3.15. The van der Waals surface area contributed by atoms with Crippen molar-refractivity contribution in [1.29, 1.82) is 0 Å². The Hall–Kier alpha value is -1.72. The van der Waals surface area contributed by atoms with Crippen molar-refractivity contribution in [3.05, 3.63) is 62.6 Å². The molecule has 0 atom stereocenters. The molecule has 4 N–H and O–H groups in total. The van der Waals surface area contributed by atoms with Crippen molar-refractivity contribution in [3.8, 4) is 0 Å². The lowest BCUT2D eigenvalue weighted by molar-refractivity contribution is 0.318. The van der Waals surface area contributed by atoms with Gasteiger partial charge < -0.3 is 16.3 Å². The summed E-state index contributed by atoms with van der Waals surface area (Å²) in [5.41, 5.74) is 9.45. The molecule has 0 spiro atoms. The molecule has 21 heavy (non-hydrogen) atoms. The molecule has 0 saturated heterocycles. The van der Waals surface area contributed by atoms with Crippen molar-refractivity contribution < 1.29 is 5.21 Å². The quantitative estimate of drug-likeness (QED) is 0.329. The smallest absolute Gasteiger partial charge is 0.170 e. The standard InChI is InChI=1S/C15H15BrClN3O/c1-9-6-10(15(18)20-21)2-3-11(9)8-19-14-5-4-12(17)7-13(14)16/h2-7,19,21H,8H2,1H3,(H2,18,20). The fourth-order valence-corrected chi connectivity index (χ4v) is 2.76. The summed E-state index contributed by atoms with van der Waals surface area (Å²) in [5, 5.41) is 15.7. The third-order valence-corrected chi connectivity index (χ3v) is 4.04. The first-order valence-corrected chi connectivity index (χ1v) is 7.44. The summed E-state index contributed by atoms with van der Waals surface area (Å²) in [5.74, 6) is 0.109. The second kappa shape index (κ2) is 6.83. The van der Waals surface area contributed by atoms with Crippen molar-refractivity contribution in [2.75, 3.05) is 5.32 Å². The maximum absolute atomic E-state index is 8.69. The number of halogens is 2. The zero-order valence-corrected chi connectivity index (χ0v) is 13.7. The highest BCUT2D eigenvalue weighted by atomic mass is 79.9. The van der Waals surface area contributed by atoms with Gasteiger partial charge in [0.25, 0.3) is 0 Å². The highest BCUT2D eigenvalue weighted by molar-refractivity contribution is 9.10. The number of hydrogen-bond acceptors (Lipinski definition) is 3. The minimum Gasteiger partial charge on any atom is -0.409 e. The minimum atomic E-state index is 0.109. The average molecular weight is 369 g/mol. The number of rotatable bonds is 4. The van der Waals surface area contributed by atoms with E-state index >= 15 is 0 Å². The van der Waals surface area contributed by atoms with Crippen LogP contribution >= 0.6 is 27.5 Å². The van der Waals surface area contributed by atoms with Gasteiger partial charge in [-0.05, 0) is 58.2 Å². The summed E-state index contributed by atoms with van der Waals surface area (Å²) in [6.07, 6.45) is 0. The predicted octanol–water partition coefficient (Wildman–Crippen LogP) is 4.12. The van der Waals surface area contributed by atoms with E-state index in [-0.39, 0.29) is 5.84 Å². The van der Waals surface area contributed by atoms with Gasteiger partial charge in [0, 0.05) is 27.3 Å². The van der Waals surface area contributed by atoms with E-state index in [2.05, 4.69) is 26.4 Å². The number of nitrogens with one attached hydrogen (secondary N) is 1. The Morgan fingerprint density at radius 2 is 2.10 bits per heavy atom. The molecule has 110 valence electrons. The van der Waals surface area contributed by atoms with Gasteiger partial charge in [-0.2, -0.15) is 0 Å². The number of benzene rings is 2. The van der Waals surface area contributed by atoms with Crippen LogP contribution < -0.4 is 11.1 Å². The van der Waals surface area contributed by atoms with E-state index in [0.717, 1.165) is 21.3 Å². The predicted molar refractivity (Wildman–Crippen MR) is 90.2 cm³/mol. The number of hydrogen-bond donors (Lipinski definition) is 3. The summed E-state index contributed by atoms with van der Waals surface area (Å²) >= 11 is 9.39. The summed E-state index contributed by atoms with van der Waals surface area (Å²) in [7, 11) is 0. The highest BCUT2D eigenvalue weighted by Crippen LogP contribution is 2.26. The van der Waals surface area contributed by atoms with Gasteiger partial charge in [0.05, 0.1) is 0 Å². The van der Waals surface area contributed by atoms with Crippen LogP contribution in [0, 0.1) is 6.92 Å². The topological polar surface area (TPSA) is 70.6 Å². The molecule has 2 rings (SSSR count). The molecule has 0 aliphatic carbocycles. The van der Waals surface area contributed by atoms with Crippen LogP contribution in [0.3, 0.4) is 0 Å². The molecule has 0 radical (unpaired) electrons. The Balaban J connectivity index is 2.13. The maximum atomic E-state index is 8.69. The Morgan fingerprint density at radius 3 is 2.71 bits per heavy atom. The molecule has 0 unspecified atom stereocenters. The monoisotopic (exact) mass is 367 g/mol. The van der Waals surface area contributed by atoms with Crippen LogP contribution in [0.25, 0.3) is 0 Å². The zero-order valence-electron chi connectivity index (χ0n) is 11.4. The Bertz CT molecular complexity index is 689. The molecule has 0 saturated carbocycles. The second-order valence-corrected chi connectivity index (χ2v) is 5.89. The van der Waals surface area contributed by atoms with Crippen LogP contribution in [-0.2, 0) is 6.54 Å². The molecule has 0 aliphatic heterocycles. The number of nitrogens with two attached hydrogens (primary N) is 1. The molecule has 0 fully saturated rings. The molecule has 0 bridgehead atoms. The first kappa shape index (κ1) is 15.7. The lowest BCUT2D eigenvalue weighted by Gasteiger charge is -2.12. The van der Waals surface area contributed by atoms with Crippen molar-refractivity contribution in [3.63, 3.8) is 0 Å². The van der Waals surface area contributed by atoms with E-state index in [4.69, 9.17) is 22.5 Å².